The van der Waals surface area contributed by atoms with Crippen LogP contribution < -0.4 is 16.0 Å². The van der Waals surface area contributed by atoms with Crippen LogP contribution in [0.15, 0.2) is 55.0 Å². The van der Waals surface area contributed by atoms with Crippen LogP contribution in [-0.4, -0.2) is 34.1 Å². The highest BCUT2D eigenvalue weighted by Gasteiger charge is 2.25. The molecule has 0 atom stereocenters. The van der Waals surface area contributed by atoms with E-state index in [4.69, 9.17) is 4.98 Å². The minimum absolute atomic E-state index is 0.500. The number of piperidine rings is 1. The molecular formula is C23H26N6. The molecule has 3 N–H and O–H groups in total. The van der Waals surface area contributed by atoms with Crippen molar-refractivity contribution < 1.29 is 0 Å². The van der Waals surface area contributed by atoms with E-state index in [1.807, 2.05) is 30.6 Å². The van der Waals surface area contributed by atoms with Gasteiger partial charge in [0.15, 0.2) is 0 Å². The molecule has 5 rings (SSSR count). The van der Waals surface area contributed by atoms with Gasteiger partial charge in [0.05, 0.1) is 11.4 Å². The first-order valence-corrected chi connectivity index (χ1v) is 10.5. The number of aromatic nitrogens is 3. The minimum atomic E-state index is 0.500. The normalized spacial score (nSPS) is 17.1. The standard InChI is InChI=1S/C23H26N6/c1-2-8-26-22(3-1)29-23-13-17(16-4-5-16)12-21(28-23)18-11-20(15-25-14-18)27-19-6-9-24-10-7-19/h1-3,8,11-16,19,24,27H,4-7,9-10H2,(H,26,28,29). The van der Waals surface area contributed by atoms with Crippen LogP contribution in [0.5, 0.6) is 0 Å². The summed E-state index contributed by atoms with van der Waals surface area (Å²) in [7, 11) is 0. The van der Waals surface area contributed by atoms with Crippen LogP contribution in [0, 0.1) is 0 Å². The van der Waals surface area contributed by atoms with Crippen molar-refractivity contribution in [3.8, 4) is 11.3 Å². The number of hydrogen-bond acceptors (Lipinski definition) is 6. The molecule has 1 saturated carbocycles. The molecule has 4 heterocycles. The van der Waals surface area contributed by atoms with Crippen molar-refractivity contribution in [2.75, 3.05) is 23.7 Å². The summed E-state index contributed by atoms with van der Waals surface area (Å²) >= 11 is 0. The Morgan fingerprint density at radius 2 is 1.83 bits per heavy atom. The Balaban J connectivity index is 1.42. The quantitative estimate of drug-likeness (QED) is 0.586. The maximum absolute atomic E-state index is 4.87. The summed E-state index contributed by atoms with van der Waals surface area (Å²) in [5.74, 6) is 2.28. The number of anilines is 3. The van der Waals surface area contributed by atoms with Gasteiger partial charge in [-0.25, -0.2) is 9.97 Å². The van der Waals surface area contributed by atoms with E-state index in [0.717, 1.165) is 54.5 Å². The summed E-state index contributed by atoms with van der Waals surface area (Å²) in [5.41, 5.74) is 4.39. The Hall–Kier alpha value is -2.99. The molecule has 6 heteroatoms. The maximum Gasteiger partial charge on any atom is 0.132 e. The Morgan fingerprint density at radius 3 is 2.62 bits per heavy atom. The molecule has 2 fully saturated rings. The summed E-state index contributed by atoms with van der Waals surface area (Å²) in [6.07, 6.45) is 10.4. The van der Waals surface area contributed by atoms with E-state index in [9.17, 15) is 0 Å². The van der Waals surface area contributed by atoms with Crippen molar-refractivity contribution in [3.63, 3.8) is 0 Å². The smallest absolute Gasteiger partial charge is 0.132 e. The third-order valence-corrected chi connectivity index (χ3v) is 5.56. The second-order valence-electron chi connectivity index (χ2n) is 7.92. The number of rotatable bonds is 6. The molecule has 2 aliphatic rings. The van der Waals surface area contributed by atoms with Crippen LogP contribution >= 0.6 is 0 Å². The van der Waals surface area contributed by atoms with Crippen LogP contribution in [0.3, 0.4) is 0 Å². The number of pyridine rings is 3. The molecular weight excluding hydrogens is 360 g/mol. The molecule has 0 aromatic carbocycles. The largest absolute Gasteiger partial charge is 0.381 e. The van der Waals surface area contributed by atoms with Gasteiger partial charge in [0, 0.05) is 30.2 Å². The van der Waals surface area contributed by atoms with Crippen molar-refractivity contribution in [1.29, 1.82) is 0 Å². The Bertz CT molecular complexity index is 964. The first kappa shape index (κ1) is 18.1. The summed E-state index contributed by atoms with van der Waals surface area (Å²) in [6, 6.07) is 12.9. The van der Waals surface area contributed by atoms with Gasteiger partial charge < -0.3 is 16.0 Å². The zero-order chi connectivity index (χ0) is 19.5. The second-order valence-corrected chi connectivity index (χ2v) is 7.92. The number of nitrogens with zero attached hydrogens (tertiary/aromatic N) is 3. The van der Waals surface area contributed by atoms with E-state index < -0.39 is 0 Å². The van der Waals surface area contributed by atoms with Crippen LogP contribution in [0.25, 0.3) is 11.3 Å². The topological polar surface area (TPSA) is 74.8 Å². The molecule has 1 aliphatic carbocycles. The molecule has 1 saturated heterocycles. The maximum atomic E-state index is 4.87. The van der Waals surface area contributed by atoms with Gasteiger partial charge in [0.25, 0.3) is 0 Å². The zero-order valence-electron chi connectivity index (χ0n) is 16.4. The van der Waals surface area contributed by atoms with Gasteiger partial charge in [-0.05, 0) is 80.6 Å². The molecule has 1 aliphatic heterocycles. The molecule has 148 valence electrons. The van der Waals surface area contributed by atoms with E-state index in [1.54, 1.807) is 6.20 Å². The van der Waals surface area contributed by atoms with Crippen molar-refractivity contribution >= 4 is 17.3 Å². The average Bonchev–Trinajstić information content (AvgIpc) is 3.61. The van der Waals surface area contributed by atoms with Crippen LogP contribution in [0.2, 0.25) is 0 Å². The SMILES string of the molecule is c1ccc(Nc2cc(C3CC3)cc(-c3cncc(NC4CCNCC4)c3)n2)nc1. The van der Waals surface area contributed by atoms with E-state index in [1.165, 1.54) is 18.4 Å². The Kier molecular flexibility index (Phi) is 5.09. The lowest BCUT2D eigenvalue weighted by atomic mass is 10.1. The molecule has 0 unspecified atom stereocenters. The first-order chi connectivity index (χ1) is 14.3. The van der Waals surface area contributed by atoms with Crippen molar-refractivity contribution in [2.45, 2.75) is 37.6 Å². The second kappa shape index (κ2) is 8.17. The summed E-state index contributed by atoms with van der Waals surface area (Å²) < 4.78 is 0. The Morgan fingerprint density at radius 1 is 0.931 bits per heavy atom. The fraction of sp³-hybridized carbons (Fsp3) is 0.348. The lowest BCUT2D eigenvalue weighted by molar-refractivity contribution is 0.479. The highest BCUT2D eigenvalue weighted by molar-refractivity contribution is 5.67. The fourth-order valence-corrected chi connectivity index (χ4v) is 3.84. The average molecular weight is 387 g/mol. The molecule has 3 aromatic rings. The number of nitrogens with one attached hydrogen (secondary N) is 3. The lowest BCUT2D eigenvalue weighted by Gasteiger charge is -2.24. The van der Waals surface area contributed by atoms with Gasteiger partial charge in [-0.15, -0.1) is 0 Å². The van der Waals surface area contributed by atoms with Gasteiger partial charge in [0.2, 0.25) is 0 Å². The van der Waals surface area contributed by atoms with Gasteiger partial charge in [-0.3, -0.25) is 4.98 Å². The van der Waals surface area contributed by atoms with Crippen molar-refractivity contribution in [1.82, 2.24) is 20.3 Å². The molecule has 0 radical (unpaired) electrons. The predicted molar refractivity (Wildman–Crippen MR) is 116 cm³/mol. The van der Waals surface area contributed by atoms with Gasteiger partial charge in [-0.2, -0.15) is 0 Å². The van der Waals surface area contributed by atoms with Gasteiger partial charge >= 0.3 is 0 Å². The van der Waals surface area contributed by atoms with Crippen LogP contribution in [-0.2, 0) is 0 Å². The van der Waals surface area contributed by atoms with E-state index in [-0.39, 0.29) is 0 Å². The van der Waals surface area contributed by atoms with Gasteiger partial charge in [0.1, 0.15) is 11.6 Å². The van der Waals surface area contributed by atoms with E-state index >= 15 is 0 Å². The first-order valence-electron chi connectivity index (χ1n) is 10.5. The highest BCUT2D eigenvalue weighted by Crippen LogP contribution is 2.42. The van der Waals surface area contributed by atoms with E-state index in [0.29, 0.717) is 12.0 Å². The van der Waals surface area contributed by atoms with Crippen molar-refractivity contribution in [3.05, 3.63) is 60.6 Å². The van der Waals surface area contributed by atoms with Crippen molar-refractivity contribution in [2.24, 2.45) is 0 Å². The number of hydrogen-bond donors (Lipinski definition) is 3. The van der Waals surface area contributed by atoms with Gasteiger partial charge in [-0.1, -0.05) is 6.07 Å². The fourth-order valence-electron chi connectivity index (χ4n) is 3.84. The summed E-state index contributed by atoms with van der Waals surface area (Å²) in [6.45, 7) is 2.14. The summed E-state index contributed by atoms with van der Waals surface area (Å²) in [4.78, 5) is 13.7. The molecule has 0 spiro atoms. The summed E-state index contributed by atoms with van der Waals surface area (Å²) in [5, 5.41) is 10.4. The monoisotopic (exact) mass is 386 g/mol. The molecule has 3 aromatic heterocycles. The molecule has 6 nitrogen and oxygen atoms in total. The van der Waals surface area contributed by atoms with Crippen LogP contribution in [0.4, 0.5) is 17.3 Å². The zero-order valence-corrected chi connectivity index (χ0v) is 16.4. The third kappa shape index (κ3) is 4.54. The minimum Gasteiger partial charge on any atom is -0.381 e. The third-order valence-electron chi connectivity index (χ3n) is 5.56. The lowest BCUT2D eigenvalue weighted by Crippen LogP contribution is -2.35. The van der Waals surface area contributed by atoms with E-state index in [2.05, 4.69) is 44.1 Å². The highest BCUT2D eigenvalue weighted by atomic mass is 15.1. The predicted octanol–water partition coefficient (Wildman–Crippen LogP) is 4.32. The molecule has 0 amide bonds. The Labute approximate surface area is 171 Å². The van der Waals surface area contributed by atoms with Crippen LogP contribution in [0.1, 0.15) is 37.2 Å². The molecule has 0 bridgehead atoms. The molecule has 29 heavy (non-hydrogen) atoms.